The summed E-state index contributed by atoms with van der Waals surface area (Å²) >= 11 is 0. The molecule has 2 heteroatoms. The minimum Gasteiger partial charge on any atom is -0.469 e. The van der Waals surface area contributed by atoms with E-state index in [1.165, 1.54) is 64.0 Å². The van der Waals surface area contributed by atoms with Crippen LogP contribution >= 0.6 is 0 Å². The normalized spacial score (nSPS) is 37.5. The van der Waals surface area contributed by atoms with E-state index in [9.17, 15) is 4.79 Å². The van der Waals surface area contributed by atoms with Gasteiger partial charge in [-0.3, -0.25) is 4.79 Å². The number of allylic oxidation sites excluding steroid dienone is 3. The molecule has 0 unspecified atom stereocenters. The zero-order valence-electron chi connectivity index (χ0n) is 18.3. The molecule has 5 rings (SSSR count). The Morgan fingerprint density at radius 2 is 1.67 bits per heavy atom. The molecule has 2 fully saturated rings. The first-order valence-electron chi connectivity index (χ1n) is 12.3. The molecule has 1 aromatic carbocycles. The minimum absolute atomic E-state index is 0.0515. The van der Waals surface area contributed by atoms with E-state index in [-0.39, 0.29) is 11.9 Å². The number of benzene rings is 1. The molecule has 4 aliphatic carbocycles. The summed E-state index contributed by atoms with van der Waals surface area (Å²) in [5.41, 5.74) is 1.48. The fourth-order valence-electron chi connectivity index (χ4n) is 7.44. The molecule has 0 bridgehead atoms. The third-order valence-corrected chi connectivity index (χ3v) is 8.77. The van der Waals surface area contributed by atoms with Gasteiger partial charge in [-0.15, -0.1) is 0 Å². The van der Waals surface area contributed by atoms with Gasteiger partial charge in [0.15, 0.2) is 0 Å². The van der Waals surface area contributed by atoms with Crippen molar-refractivity contribution in [1.82, 2.24) is 0 Å². The number of rotatable bonds is 9. The first-order valence-corrected chi connectivity index (χ1v) is 12.3. The Balaban J connectivity index is 1.08. The average molecular weight is 405 g/mol. The largest absolute Gasteiger partial charge is 0.469 e. The quantitative estimate of drug-likeness (QED) is 0.277. The van der Waals surface area contributed by atoms with Gasteiger partial charge in [-0.1, -0.05) is 80.3 Å². The van der Waals surface area contributed by atoms with Gasteiger partial charge in [-0.25, -0.2) is 0 Å². The highest BCUT2D eigenvalue weighted by atomic mass is 16.5. The zero-order valence-corrected chi connectivity index (χ0v) is 18.3. The number of aryl methyl sites for hydroxylation is 1. The topological polar surface area (TPSA) is 26.3 Å². The second-order valence-electron chi connectivity index (χ2n) is 10.1. The predicted molar refractivity (Wildman–Crippen MR) is 121 cm³/mol. The summed E-state index contributed by atoms with van der Waals surface area (Å²) in [6.45, 7) is 0. The molecular formula is C28H36O2. The fraction of sp³-hybridized carbons (Fsp3) is 0.607. The van der Waals surface area contributed by atoms with E-state index in [0.29, 0.717) is 17.8 Å². The Bertz CT molecular complexity index is 794. The minimum atomic E-state index is -0.0536. The maximum Gasteiger partial charge on any atom is 0.313 e. The van der Waals surface area contributed by atoms with Gasteiger partial charge in [0.2, 0.25) is 0 Å². The van der Waals surface area contributed by atoms with Crippen LogP contribution in [0.5, 0.6) is 0 Å². The number of hydrogen-bond donors (Lipinski definition) is 0. The number of esters is 1. The van der Waals surface area contributed by atoms with Crippen molar-refractivity contribution in [2.45, 2.75) is 51.4 Å². The Morgan fingerprint density at radius 1 is 0.900 bits per heavy atom. The van der Waals surface area contributed by atoms with Crippen LogP contribution in [0.1, 0.15) is 50.5 Å². The molecule has 2 saturated carbocycles. The van der Waals surface area contributed by atoms with E-state index in [1.54, 1.807) is 0 Å². The SMILES string of the molecule is COC(=O)[C@H]1C=C[C@H]2C[C@H]3[C@H](CCCCCCCc4ccccc4)[C@@H]4C=C[C@@H]1[C@H]2[C@@H]43. The van der Waals surface area contributed by atoms with Crippen molar-refractivity contribution in [2.24, 2.45) is 47.3 Å². The molecule has 1 aromatic rings. The van der Waals surface area contributed by atoms with Crippen molar-refractivity contribution >= 4 is 5.97 Å². The summed E-state index contributed by atoms with van der Waals surface area (Å²) in [6.07, 6.45) is 20.2. The second-order valence-corrected chi connectivity index (χ2v) is 10.1. The lowest BCUT2D eigenvalue weighted by Crippen LogP contribution is -2.50. The molecule has 0 N–H and O–H groups in total. The van der Waals surface area contributed by atoms with Crippen LogP contribution in [0.25, 0.3) is 0 Å². The third kappa shape index (κ3) is 3.57. The van der Waals surface area contributed by atoms with Crippen LogP contribution in [0.15, 0.2) is 54.6 Å². The van der Waals surface area contributed by atoms with Crippen LogP contribution in [0.3, 0.4) is 0 Å². The van der Waals surface area contributed by atoms with Crippen molar-refractivity contribution < 1.29 is 9.53 Å². The van der Waals surface area contributed by atoms with Gasteiger partial charge < -0.3 is 4.74 Å². The van der Waals surface area contributed by atoms with Gasteiger partial charge in [-0.05, 0) is 72.7 Å². The highest BCUT2D eigenvalue weighted by Gasteiger charge is 2.62. The summed E-state index contributed by atoms with van der Waals surface area (Å²) < 4.78 is 5.08. The zero-order chi connectivity index (χ0) is 20.5. The smallest absolute Gasteiger partial charge is 0.313 e. The highest BCUT2D eigenvalue weighted by Crippen LogP contribution is 2.67. The Hall–Kier alpha value is -1.83. The van der Waals surface area contributed by atoms with Crippen LogP contribution in [-0.4, -0.2) is 13.1 Å². The molecule has 8 atom stereocenters. The number of carbonyl (C=O) groups is 1. The molecule has 4 aliphatic rings. The average Bonchev–Trinajstić information content (AvgIpc) is 3.13. The van der Waals surface area contributed by atoms with Crippen LogP contribution in [0.4, 0.5) is 0 Å². The summed E-state index contributed by atoms with van der Waals surface area (Å²) in [7, 11) is 1.52. The van der Waals surface area contributed by atoms with Crippen LogP contribution in [0.2, 0.25) is 0 Å². The van der Waals surface area contributed by atoms with Crippen molar-refractivity contribution in [3.05, 3.63) is 60.2 Å². The summed E-state index contributed by atoms with van der Waals surface area (Å²) in [5, 5.41) is 0. The lowest BCUT2D eigenvalue weighted by atomic mass is 9.50. The molecule has 0 amide bonds. The van der Waals surface area contributed by atoms with Gasteiger partial charge in [0.1, 0.15) is 0 Å². The molecule has 160 valence electrons. The van der Waals surface area contributed by atoms with Gasteiger partial charge >= 0.3 is 5.97 Å². The Morgan fingerprint density at radius 3 is 2.50 bits per heavy atom. The lowest BCUT2D eigenvalue weighted by molar-refractivity contribution is -0.146. The maximum absolute atomic E-state index is 12.2. The summed E-state index contributed by atoms with van der Waals surface area (Å²) in [6, 6.07) is 10.9. The van der Waals surface area contributed by atoms with E-state index >= 15 is 0 Å². The van der Waals surface area contributed by atoms with E-state index < -0.39 is 0 Å². The molecule has 0 saturated heterocycles. The summed E-state index contributed by atoms with van der Waals surface area (Å²) in [4.78, 5) is 12.2. The van der Waals surface area contributed by atoms with Gasteiger partial charge in [-0.2, -0.15) is 0 Å². The molecule has 0 spiro atoms. The molecule has 0 aromatic heterocycles. The van der Waals surface area contributed by atoms with E-state index in [0.717, 1.165) is 23.7 Å². The first-order chi connectivity index (χ1) is 14.8. The van der Waals surface area contributed by atoms with Crippen LogP contribution < -0.4 is 0 Å². The molecule has 0 aliphatic heterocycles. The second kappa shape index (κ2) is 8.73. The lowest BCUT2D eigenvalue weighted by Gasteiger charge is -2.54. The maximum atomic E-state index is 12.2. The molecule has 30 heavy (non-hydrogen) atoms. The number of ether oxygens (including phenoxy) is 1. The highest BCUT2D eigenvalue weighted by molar-refractivity contribution is 5.75. The Labute approximate surface area is 181 Å². The summed E-state index contributed by atoms with van der Waals surface area (Å²) in [5.74, 6) is 5.07. The fourth-order valence-corrected chi connectivity index (χ4v) is 7.44. The van der Waals surface area contributed by atoms with Gasteiger partial charge in [0.05, 0.1) is 13.0 Å². The third-order valence-electron chi connectivity index (χ3n) is 8.77. The predicted octanol–water partition coefficient (Wildman–Crippen LogP) is 6.23. The van der Waals surface area contributed by atoms with Crippen LogP contribution in [-0.2, 0) is 16.0 Å². The van der Waals surface area contributed by atoms with Crippen molar-refractivity contribution in [1.29, 1.82) is 0 Å². The number of carbonyl (C=O) groups excluding carboxylic acids is 1. The van der Waals surface area contributed by atoms with E-state index in [4.69, 9.17) is 4.74 Å². The molecule has 0 heterocycles. The van der Waals surface area contributed by atoms with Crippen molar-refractivity contribution in [3.63, 3.8) is 0 Å². The standard InChI is InChI=1S/C28H36O2/c1-30-28(29)24-15-14-20-18-25-21(22-16-17-23(24)26(20)27(22)25)13-9-4-2-3-6-10-19-11-7-5-8-12-19/h5,7-8,11-12,14-17,20-27H,2-4,6,9-10,13,18H2,1H3/t20-,21+,22-,23-,24-,25-,26-,27-/m0/s1. The van der Waals surface area contributed by atoms with E-state index in [1.807, 2.05) is 0 Å². The molecule has 0 radical (unpaired) electrons. The Kier molecular flexibility index (Phi) is 5.85. The van der Waals surface area contributed by atoms with Crippen LogP contribution in [0, 0.1) is 47.3 Å². The molecular weight excluding hydrogens is 368 g/mol. The molecule has 2 nitrogen and oxygen atoms in total. The first kappa shape index (κ1) is 20.1. The number of methoxy groups -OCH3 is 1. The monoisotopic (exact) mass is 404 g/mol. The van der Waals surface area contributed by atoms with E-state index in [2.05, 4.69) is 54.6 Å². The number of hydrogen-bond acceptors (Lipinski definition) is 2. The van der Waals surface area contributed by atoms with Gasteiger partial charge in [0.25, 0.3) is 0 Å². The van der Waals surface area contributed by atoms with Crippen molar-refractivity contribution in [3.8, 4) is 0 Å². The van der Waals surface area contributed by atoms with Gasteiger partial charge in [0, 0.05) is 0 Å². The van der Waals surface area contributed by atoms with Crippen molar-refractivity contribution in [2.75, 3.05) is 7.11 Å². The number of unbranched alkanes of at least 4 members (excludes halogenated alkanes) is 4.